The van der Waals surface area contributed by atoms with Gasteiger partial charge in [-0.15, -0.1) is 0 Å². The molecule has 0 aliphatic carbocycles. The van der Waals surface area contributed by atoms with Gasteiger partial charge in [-0.3, -0.25) is 19.5 Å². The third kappa shape index (κ3) is 4.31. The maximum atomic E-state index is 15.0. The van der Waals surface area contributed by atoms with Gasteiger partial charge in [0.2, 0.25) is 0 Å². The number of carbonyl (C=O) groups excluding carboxylic acids is 1. The Morgan fingerprint density at radius 3 is 2.88 bits per heavy atom. The Morgan fingerprint density at radius 2 is 2.16 bits per heavy atom. The number of nitrogens with one attached hydrogen (secondary N) is 2. The minimum absolute atomic E-state index is 0.0335. The summed E-state index contributed by atoms with van der Waals surface area (Å²) < 4.78 is 34.9. The van der Waals surface area contributed by atoms with E-state index >= 15 is 4.39 Å². The molecule has 4 heterocycles. The number of likely N-dealkylation sites (tertiary alicyclic amines) is 1. The summed E-state index contributed by atoms with van der Waals surface area (Å²) in [5.41, 5.74) is 1.08. The summed E-state index contributed by atoms with van der Waals surface area (Å²) in [4.78, 5) is 36.1. The molecule has 1 atom stereocenters. The number of hydrogen-bond donors (Lipinski definition) is 2. The lowest BCUT2D eigenvalue weighted by atomic mass is 10.1. The van der Waals surface area contributed by atoms with Gasteiger partial charge in [0.15, 0.2) is 11.6 Å². The van der Waals surface area contributed by atoms with Crippen molar-refractivity contribution in [3.05, 3.63) is 63.3 Å². The lowest BCUT2D eigenvalue weighted by Gasteiger charge is -2.18. The summed E-state index contributed by atoms with van der Waals surface area (Å²) in [6.45, 7) is 3.21. The van der Waals surface area contributed by atoms with Gasteiger partial charge in [-0.25, -0.2) is 9.37 Å². The summed E-state index contributed by atoms with van der Waals surface area (Å²) in [5.74, 6) is -1.88. The molecule has 1 aliphatic rings. The second kappa shape index (κ2) is 8.99. The molecule has 1 amide bonds. The lowest BCUT2D eigenvalue weighted by molar-refractivity contribution is 0.0956. The highest BCUT2D eigenvalue weighted by Crippen LogP contribution is 2.24. The molecule has 8 nitrogen and oxygen atoms in total. The lowest BCUT2D eigenvalue weighted by Crippen LogP contribution is -2.26. The van der Waals surface area contributed by atoms with Crippen LogP contribution < -0.4 is 15.6 Å². The first-order valence-electron chi connectivity index (χ1n) is 10.4. The predicted octanol–water partition coefficient (Wildman–Crippen LogP) is 2.17. The molecule has 0 saturated carbocycles. The standard InChI is InChI=1S/C22H23F2N5O3/c1-3-12-8-16-19(28-21(12)30)18(23)13(9-26-16)10-29-7-6-14(11-29)32-17-5-4-15(22(31)25-2)27-20(17)24/h4-5,8-9,14H,3,6-7,10-11H2,1-2H3,(H,25,31)(H,28,30)/t14-/m1/s1. The molecule has 10 heteroatoms. The second-order valence-corrected chi connectivity index (χ2v) is 7.66. The van der Waals surface area contributed by atoms with Gasteiger partial charge in [-0.1, -0.05) is 6.92 Å². The second-order valence-electron chi connectivity index (χ2n) is 7.66. The third-order valence-corrected chi connectivity index (χ3v) is 5.53. The molecule has 1 aliphatic heterocycles. The Hall–Kier alpha value is -3.40. The molecule has 0 spiro atoms. The number of H-pyrrole nitrogens is 1. The van der Waals surface area contributed by atoms with Crippen molar-refractivity contribution in [3.8, 4) is 5.75 Å². The number of rotatable bonds is 6. The quantitative estimate of drug-likeness (QED) is 0.567. The number of hydrogen-bond acceptors (Lipinski definition) is 6. The average molecular weight is 443 g/mol. The van der Waals surface area contributed by atoms with Gasteiger partial charge < -0.3 is 15.0 Å². The van der Waals surface area contributed by atoms with Gasteiger partial charge in [0.1, 0.15) is 17.3 Å². The first-order valence-corrected chi connectivity index (χ1v) is 10.4. The summed E-state index contributed by atoms with van der Waals surface area (Å²) in [6.07, 6.45) is 2.33. The SMILES string of the molecule is CCc1cc2ncc(CN3CC[C@@H](Oc4ccc(C(=O)NC)nc4F)C3)c(F)c2[nH]c1=O. The summed E-state index contributed by atoms with van der Waals surface area (Å²) in [5, 5.41) is 2.38. The van der Waals surface area contributed by atoms with Crippen molar-refractivity contribution < 1.29 is 18.3 Å². The first-order chi connectivity index (χ1) is 15.4. The number of aromatic amines is 1. The Bertz CT molecular complexity index is 1230. The molecule has 1 fully saturated rings. The van der Waals surface area contributed by atoms with Crippen LogP contribution >= 0.6 is 0 Å². The Balaban J connectivity index is 1.44. The van der Waals surface area contributed by atoms with Crippen molar-refractivity contribution in [1.82, 2.24) is 25.2 Å². The zero-order valence-electron chi connectivity index (χ0n) is 17.7. The van der Waals surface area contributed by atoms with Crippen LogP contribution in [0.1, 0.15) is 35.0 Å². The number of pyridine rings is 3. The number of aryl methyl sites for hydroxylation is 1. The summed E-state index contributed by atoms with van der Waals surface area (Å²) >= 11 is 0. The largest absolute Gasteiger partial charge is 0.484 e. The molecule has 0 radical (unpaired) electrons. The number of amides is 1. The average Bonchev–Trinajstić information content (AvgIpc) is 3.23. The van der Waals surface area contributed by atoms with E-state index in [9.17, 15) is 14.0 Å². The first kappa shape index (κ1) is 21.8. The minimum Gasteiger partial charge on any atom is -0.484 e. The number of nitrogens with zero attached hydrogens (tertiary/aromatic N) is 3. The van der Waals surface area contributed by atoms with Crippen LogP contribution in [0.25, 0.3) is 11.0 Å². The zero-order valence-corrected chi connectivity index (χ0v) is 17.7. The van der Waals surface area contributed by atoms with Gasteiger partial charge >= 0.3 is 0 Å². The fraction of sp³-hybridized carbons (Fsp3) is 0.364. The van der Waals surface area contributed by atoms with Crippen molar-refractivity contribution in [3.63, 3.8) is 0 Å². The third-order valence-electron chi connectivity index (χ3n) is 5.53. The van der Waals surface area contributed by atoms with Crippen LogP contribution in [0, 0.1) is 11.8 Å². The van der Waals surface area contributed by atoms with Gasteiger partial charge in [-0.05, 0) is 31.0 Å². The van der Waals surface area contributed by atoms with E-state index < -0.39 is 17.7 Å². The van der Waals surface area contributed by atoms with Gasteiger partial charge in [0.05, 0.1) is 5.52 Å². The Morgan fingerprint density at radius 1 is 1.34 bits per heavy atom. The fourth-order valence-corrected chi connectivity index (χ4v) is 3.79. The van der Waals surface area contributed by atoms with Crippen LogP contribution in [0.4, 0.5) is 8.78 Å². The van der Waals surface area contributed by atoms with Crippen LogP contribution in [0.5, 0.6) is 5.75 Å². The minimum atomic E-state index is -0.857. The van der Waals surface area contributed by atoms with E-state index in [0.29, 0.717) is 42.6 Å². The normalized spacial score (nSPS) is 16.4. The fourth-order valence-electron chi connectivity index (χ4n) is 3.79. The highest BCUT2D eigenvalue weighted by molar-refractivity contribution is 5.92. The number of ether oxygens (including phenoxy) is 1. The maximum Gasteiger partial charge on any atom is 0.269 e. The van der Waals surface area contributed by atoms with E-state index in [4.69, 9.17) is 4.74 Å². The smallest absolute Gasteiger partial charge is 0.269 e. The van der Waals surface area contributed by atoms with Crippen molar-refractivity contribution in [2.24, 2.45) is 0 Å². The highest BCUT2D eigenvalue weighted by atomic mass is 19.1. The predicted molar refractivity (Wildman–Crippen MR) is 114 cm³/mol. The summed E-state index contributed by atoms with van der Waals surface area (Å²) in [6, 6.07) is 4.38. The molecule has 1 saturated heterocycles. The number of fused-ring (bicyclic) bond motifs is 1. The van der Waals surface area contributed by atoms with Crippen LogP contribution in [0.2, 0.25) is 0 Å². The Kier molecular flexibility index (Phi) is 6.13. The zero-order chi connectivity index (χ0) is 22.8. The maximum absolute atomic E-state index is 15.0. The van der Waals surface area contributed by atoms with E-state index in [-0.39, 0.29) is 35.2 Å². The number of carbonyl (C=O) groups is 1. The van der Waals surface area contributed by atoms with Crippen LogP contribution in [0.15, 0.2) is 29.2 Å². The molecule has 3 aromatic heterocycles. The molecular weight excluding hydrogens is 420 g/mol. The number of aromatic nitrogens is 3. The number of halogens is 2. The topological polar surface area (TPSA) is 100 Å². The molecule has 0 bridgehead atoms. The van der Waals surface area contributed by atoms with E-state index in [0.717, 1.165) is 0 Å². The van der Waals surface area contributed by atoms with E-state index in [1.54, 1.807) is 6.07 Å². The van der Waals surface area contributed by atoms with Crippen molar-refractivity contribution in [2.75, 3.05) is 20.1 Å². The van der Waals surface area contributed by atoms with Crippen LogP contribution in [0.3, 0.4) is 0 Å². The van der Waals surface area contributed by atoms with Crippen LogP contribution in [-0.2, 0) is 13.0 Å². The van der Waals surface area contributed by atoms with Crippen molar-refractivity contribution >= 4 is 16.9 Å². The highest BCUT2D eigenvalue weighted by Gasteiger charge is 2.26. The van der Waals surface area contributed by atoms with Crippen molar-refractivity contribution in [1.29, 1.82) is 0 Å². The van der Waals surface area contributed by atoms with Gasteiger partial charge in [0, 0.05) is 44.0 Å². The van der Waals surface area contributed by atoms with E-state index in [1.807, 2.05) is 11.8 Å². The van der Waals surface area contributed by atoms with Crippen LogP contribution in [-0.4, -0.2) is 52.0 Å². The molecule has 2 N–H and O–H groups in total. The van der Waals surface area contributed by atoms with Crippen molar-refractivity contribution in [2.45, 2.75) is 32.4 Å². The molecular formula is C22H23F2N5O3. The summed E-state index contributed by atoms with van der Waals surface area (Å²) in [7, 11) is 1.44. The monoisotopic (exact) mass is 443 g/mol. The van der Waals surface area contributed by atoms with E-state index in [1.165, 1.54) is 25.4 Å². The molecule has 0 unspecified atom stereocenters. The molecule has 168 valence electrons. The Labute approximate surface area is 182 Å². The molecule has 0 aromatic carbocycles. The van der Waals surface area contributed by atoms with Gasteiger partial charge in [0.25, 0.3) is 17.4 Å². The van der Waals surface area contributed by atoms with Gasteiger partial charge in [-0.2, -0.15) is 4.39 Å². The molecule has 4 rings (SSSR count). The van der Waals surface area contributed by atoms with E-state index in [2.05, 4.69) is 20.3 Å². The molecule has 32 heavy (non-hydrogen) atoms. The molecule has 3 aromatic rings.